The maximum Gasteiger partial charge on any atom is 0.279 e. The van der Waals surface area contributed by atoms with Gasteiger partial charge in [0.05, 0.1) is 6.42 Å². The fourth-order valence-corrected chi connectivity index (χ4v) is 2.25. The van der Waals surface area contributed by atoms with E-state index in [9.17, 15) is 9.59 Å². The van der Waals surface area contributed by atoms with E-state index >= 15 is 0 Å². The zero-order chi connectivity index (χ0) is 18.2. The van der Waals surface area contributed by atoms with Gasteiger partial charge in [-0.2, -0.15) is 0 Å². The molecule has 0 saturated heterocycles. The fraction of sp³-hybridized carbons (Fsp3) is 0.263. The zero-order valence-corrected chi connectivity index (χ0v) is 15.0. The van der Waals surface area contributed by atoms with Crippen molar-refractivity contribution >= 4 is 23.4 Å². The van der Waals surface area contributed by atoms with Gasteiger partial charge in [-0.1, -0.05) is 42.8 Å². The van der Waals surface area contributed by atoms with E-state index in [0.717, 1.165) is 12.0 Å². The first-order valence-corrected chi connectivity index (χ1v) is 8.44. The van der Waals surface area contributed by atoms with Gasteiger partial charge in [0.1, 0.15) is 5.75 Å². The van der Waals surface area contributed by atoms with Gasteiger partial charge in [0.25, 0.3) is 5.91 Å². The Bertz CT molecular complexity index is 714. The van der Waals surface area contributed by atoms with Crippen LogP contribution in [0.15, 0.2) is 48.5 Å². The van der Waals surface area contributed by atoms with Crippen LogP contribution in [0.2, 0.25) is 5.02 Å². The third-order valence-electron chi connectivity index (χ3n) is 3.62. The van der Waals surface area contributed by atoms with Gasteiger partial charge in [-0.25, -0.2) is 0 Å². The molecule has 6 heteroatoms. The molecule has 0 spiro atoms. The Morgan fingerprint density at radius 2 is 1.60 bits per heavy atom. The van der Waals surface area contributed by atoms with E-state index < -0.39 is 12.0 Å². The van der Waals surface area contributed by atoms with Crippen LogP contribution >= 0.6 is 11.6 Å². The first-order chi connectivity index (χ1) is 12.0. The van der Waals surface area contributed by atoms with E-state index in [2.05, 4.69) is 17.8 Å². The number of rotatable bonds is 6. The number of carbonyl (C=O) groups excluding carboxylic acids is 2. The number of aryl methyl sites for hydroxylation is 1. The predicted octanol–water partition coefficient (Wildman–Crippen LogP) is 3.06. The molecule has 0 aliphatic heterocycles. The lowest BCUT2D eigenvalue weighted by atomic mass is 10.1. The molecule has 5 nitrogen and oxygen atoms in total. The number of halogens is 1. The third-order valence-corrected chi connectivity index (χ3v) is 3.87. The molecule has 0 aliphatic rings. The van der Waals surface area contributed by atoms with E-state index in [0.29, 0.717) is 10.8 Å². The lowest BCUT2D eigenvalue weighted by Gasteiger charge is -2.15. The number of ether oxygens (including phenoxy) is 1. The second kappa shape index (κ2) is 9.08. The Morgan fingerprint density at radius 3 is 2.20 bits per heavy atom. The fourth-order valence-electron chi connectivity index (χ4n) is 2.13. The van der Waals surface area contributed by atoms with Crippen molar-refractivity contribution in [1.29, 1.82) is 0 Å². The molecule has 132 valence electrons. The van der Waals surface area contributed by atoms with Gasteiger partial charge in [0, 0.05) is 5.02 Å². The van der Waals surface area contributed by atoms with Gasteiger partial charge >= 0.3 is 0 Å². The number of nitrogens with one attached hydrogen (secondary N) is 2. The van der Waals surface area contributed by atoms with Crippen LogP contribution in [0.25, 0.3) is 0 Å². The molecule has 0 bridgehead atoms. The Balaban J connectivity index is 1.77. The molecule has 0 unspecified atom stereocenters. The summed E-state index contributed by atoms with van der Waals surface area (Å²) in [5, 5.41) is 0.607. The standard InChI is InChI=1S/C19H21ClN2O3/c1-3-14-6-10-17(11-7-14)25-13(2)19(24)22-21-18(23)12-15-4-8-16(20)9-5-15/h4-11,13H,3,12H2,1-2H3,(H,21,23)(H,22,24)/t13-/m0/s1. The Kier molecular flexibility index (Phi) is 6.83. The minimum atomic E-state index is -0.733. The molecule has 1 atom stereocenters. The highest BCUT2D eigenvalue weighted by atomic mass is 35.5. The monoisotopic (exact) mass is 360 g/mol. The van der Waals surface area contributed by atoms with Crippen LogP contribution in [0, 0.1) is 0 Å². The molecule has 2 rings (SSSR count). The predicted molar refractivity (Wildman–Crippen MR) is 97.4 cm³/mol. The summed E-state index contributed by atoms with van der Waals surface area (Å²) < 4.78 is 5.56. The molecule has 2 aromatic carbocycles. The molecule has 0 aromatic heterocycles. The minimum Gasteiger partial charge on any atom is -0.481 e. The molecule has 0 saturated carbocycles. The summed E-state index contributed by atoms with van der Waals surface area (Å²) in [4.78, 5) is 23.9. The molecule has 0 fully saturated rings. The highest BCUT2D eigenvalue weighted by Gasteiger charge is 2.15. The SMILES string of the molecule is CCc1ccc(O[C@@H](C)C(=O)NNC(=O)Cc2ccc(Cl)cc2)cc1. The van der Waals surface area contributed by atoms with Gasteiger partial charge in [0.15, 0.2) is 6.10 Å². The summed E-state index contributed by atoms with van der Waals surface area (Å²) >= 11 is 5.80. The van der Waals surface area contributed by atoms with Crippen LogP contribution in [-0.4, -0.2) is 17.9 Å². The quantitative estimate of drug-likeness (QED) is 0.778. The first-order valence-electron chi connectivity index (χ1n) is 8.06. The first kappa shape index (κ1) is 18.8. The van der Waals surface area contributed by atoms with Crippen molar-refractivity contribution < 1.29 is 14.3 Å². The summed E-state index contributed by atoms with van der Waals surface area (Å²) in [6.07, 6.45) is 0.351. The van der Waals surface area contributed by atoms with Gasteiger partial charge in [0.2, 0.25) is 5.91 Å². The lowest BCUT2D eigenvalue weighted by molar-refractivity contribution is -0.132. The highest BCUT2D eigenvalue weighted by molar-refractivity contribution is 6.30. The third kappa shape index (κ3) is 6.12. The van der Waals surface area contributed by atoms with Gasteiger partial charge < -0.3 is 4.74 Å². The lowest BCUT2D eigenvalue weighted by Crippen LogP contribution is -2.47. The van der Waals surface area contributed by atoms with Crippen molar-refractivity contribution in [3.8, 4) is 5.75 Å². The Labute approximate surface area is 152 Å². The van der Waals surface area contributed by atoms with E-state index in [1.807, 2.05) is 24.3 Å². The van der Waals surface area contributed by atoms with Gasteiger partial charge in [-0.15, -0.1) is 0 Å². The smallest absolute Gasteiger partial charge is 0.279 e. The van der Waals surface area contributed by atoms with Crippen molar-refractivity contribution in [2.45, 2.75) is 32.8 Å². The van der Waals surface area contributed by atoms with Crippen LogP contribution in [-0.2, 0) is 22.4 Å². The largest absolute Gasteiger partial charge is 0.481 e. The Hall–Kier alpha value is -2.53. The van der Waals surface area contributed by atoms with E-state index in [4.69, 9.17) is 16.3 Å². The summed E-state index contributed by atoms with van der Waals surface area (Å²) in [7, 11) is 0. The van der Waals surface area contributed by atoms with Crippen molar-refractivity contribution in [3.63, 3.8) is 0 Å². The molecule has 2 amide bonds. The summed E-state index contributed by atoms with van der Waals surface area (Å²) in [6.45, 7) is 3.69. The van der Waals surface area contributed by atoms with Crippen molar-refractivity contribution in [2.75, 3.05) is 0 Å². The van der Waals surface area contributed by atoms with Crippen LogP contribution in [0.4, 0.5) is 0 Å². The molecule has 0 aliphatic carbocycles. The molecule has 2 N–H and O–H groups in total. The van der Waals surface area contributed by atoms with Gasteiger partial charge in [-0.05, 0) is 48.7 Å². The number of hydrazine groups is 1. The van der Waals surface area contributed by atoms with E-state index in [1.165, 1.54) is 5.56 Å². The van der Waals surface area contributed by atoms with Crippen molar-refractivity contribution in [2.24, 2.45) is 0 Å². The van der Waals surface area contributed by atoms with Gasteiger partial charge in [-0.3, -0.25) is 20.4 Å². The molecular formula is C19H21ClN2O3. The van der Waals surface area contributed by atoms with Crippen molar-refractivity contribution in [1.82, 2.24) is 10.9 Å². The van der Waals surface area contributed by atoms with Crippen molar-refractivity contribution in [3.05, 3.63) is 64.7 Å². The average Bonchev–Trinajstić information content (AvgIpc) is 2.62. The number of hydrogen-bond donors (Lipinski definition) is 2. The summed E-state index contributed by atoms with van der Waals surface area (Å²) in [6, 6.07) is 14.5. The molecular weight excluding hydrogens is 340 g/mol. The summed E-state index contributed by atoms with van der Waals surface area (Å²) in [5.41, 5.74) is 6.74. The van der Waals surface area contributed by atoms with Crippen LogP contribution in [0.5, 0.6) is 5.75 Å². The average molecular weight is 361 g/mol. The van der Waals surface area contributed by atoms with E-state index in [-0.39, 0.29) is 12.3 Å². The second-order valence-corrected chi connectivity index (χ2v) is 6.03. The topological polar surface area (TPSA) is 67.4 Å². The number of carbonyl (C=O) groups is 2. The maximum atomic E-state index is 12.0. The zero-order valence-electron chi connectivity index (χ0n) is 14.2. The number of benzene rings is 2. The van der Waals surface area contributed by atoms with E-state index in [1.54, 1.807) is 31.2 Å². The minimum absolute atomic E-state index is 0.144. The summed E-state index contributed by atoms with van der Waals surface area (Å²) in [5.74, 6) is -0.147. The van der Waals surface area contributed by atoms with Crippen LogP contribution in [0.3, 0.4) is 0 Å². The van der Waals surface area contributed by atoms with Crippen LogP contribution < -0.4 is 15.6 Å². The molecule has 0 heterocycles. The second-order valence-electron chi connectivity index (χ2n) is 5.60. The number of hydrogen-bond acceptors (Lipinski definition) is 3. The number of amides is 2. The normalized spacial score (nSPS) is 11.5. The Morgan fingerprint density at radius 1 is 1.00 bits per heavy atom. The molecule has 0 radical (unpaired) electrons. The molecule has 2 aromatic rings. The molecule has 25 heavy (non-hydrogen) atoms. The maximum absolute atomic E-state index is 12.0. The highest BCUT2D eigenvalue weighted by Crippen LogP contribution is 2.14. The van der Waals surface area contributed by atoms with Crippen LogP contribution in [0.1, 0.15) is 25.0 Å².